The first-order chi connectivity index (χ1) is 12.3. The summed E-state index contributed by atoms with van der Waals surface area (Å²) in [7, 11) is -5.81. The zero-order chi connectivity index (χ0) is 20.5. The number of benzene rings is 1. The third-order valence-corrected chi connectivity index (χ3v) is 5.78. The summed E-state index contributed by atoms with van der Waals surface area (Å²) in [6, 6.07) is 4.50. The zero-order valence-electron chi connectivity index (χ0n) is 13.9. The van der Waals surface area contributed by atoms with Crippen LogP contribution in [0.3, 0.4) is 0 Å². The first-order valence-corrected chi connectivity index (χ1v) is 9.88. The molecule has 0 aliphatic heterocycles. The van der Waals surface area contributed by atoms with Crippen LogP contribution in [0.2, 0.25) is 0 Å². The highest BCUT2D eigenvalue weighted by Crippen LogP contribution is 2.22. The minimum Gasteiger partial charge on any atom is -0.406 e. The normalized spacial score (nSPS) is 13.1. The van der Waals surface area contributed by atoms with E-state index >= 15 is 0 Å². The van der Waals surface area contributed by atoms with E-state index in [2.05, 4.69) is 19.5 Å². The van der Waals surface area contributed by atoms with E-state index in [9.17, 15) is 30.0 Å². The van der Waals surface area contributed by atoms with E-state index in [4.69, 9.17) is 0 Å². The molecule has 1 N–H and O–H groups in total. The molecule has 0 bridgehead atoms. The molecule has 0 spiro atoms. The Hall–Kier alpha value is -2.23. The Bertz CT molecular complexity index is 1000. The van der Waals surface area contributed by atoms with Crippen molar-refractivity contribution in [3.05, 3.63) is 36.2 Å². The van der Waals surface area contributed by atoms with Gasteiger partial charge in [-0.15, -0.1) is 22.4 Å². The van der Waals surface area contributed by atoms with Crippen LogP contribution < -0.4 is 9.46 Å². The standard InChI is InChI=1S/C12H14F3N5O5S2/c1-19(2)27(23,24)20-8-16-11(18-20)26(21,22)17-7-9-3-5-10(6-4-9)25-12(13,14)15/h3-6,8,17H,7H2,1-2H3. The summed E-state index contributed by atoms with van der Waals surface area (Å²) in [6.45, 7) is -0.288. The molecule has 2 rings (SSSR count). The second kappa shape index (κ2) is 7.41. The second-order valence-corrected chi connectivity index (χ2v) is 8.87. The molecule has 15 heteroatoms. The maximum atomic E-state index is 12.1. The predicted octanol–water partition coefficient (Wildman–Crippen LogP) is 0.310. The van der Waals surface area contributed by atoms with Crippen molar-refractivity contribution in [3.63, 3.8) is 0 Å². The predicted molar refractivity (Wildman–Crippen MR) is 85.2 cm³/mol. The van der Waals surface area contributed by atoms with E-state index in [1.165, 1.54) is 26.2 Å². The van der Waals surface area contributed by atoms with Crippen molar-refractivity contribution < 1.29 is 34.7 Å². The zero-order valence-corrected chi connectivity index (χ0v) is 15.5. The van der Waals surface area contributed by atoms with Gasteiger partial charge >= 0.3 is 16.6 Å². The topological polar surface area (TPSA) is 123 Å². The lowest BCUT2D eigenvalue weighted by atomic mass is 10.2. The molecule has 0 fully saturated rings. The number of rotatable bonds is 7. The lowest BCUT2D eigenvalue weighted by Crippen LogP contribution is -2.30. The van der Waals surface area contributed by atoms with Crippen LogP contribution in [-0.4, -0.2) is 55.8 Å². The van der Waals surface area contributed by atoms with Gasteiger partial charge in [0.15, 0.2) is 0 Å². The van der Waals surface area contributed by atoms with E-state index in [0.29, 0.717) is 9.65 Å². The molecule has 0 aliphatic rings. The maximum absolute atomic E-state index is 12.1. The number of nitrogens with one attached hydrogen (secondary N) is 1. The number of hydrogen-bond acceptors (Lipinski definition) is 7. The number of hydrogen-bond donors (Lipinski definition) is 1. The van der Waals surface area contributed by atoms with Gasteiger partial charge in [0.05, 0.1) is 0 Å². The number of nitrogens with zero attached hydrogens (tertiary/aromatic N) is 4. The minimum absolute atomic E-state index is 0.288. The van der Waals surface area contributed by atoms with E-state index in [-0.39, 0.29) is 6.54 Å². The molecule has 10 nitrogen and oxygen atoms in total. The average Bonchev–Trinajstić information content (AvgIpc) is 3.04. The number of halogens is 3. The average molecular weight is 429 g/mol. The van der Waals surface area contributed by atoms with Crippen molar-refractivity contribution in [2.45, 2.75) is 18.1 Å². The van der Waals surface area contributed by atoms with Crippen LogP contribution in [0.5, 0.6) is 5.75 Å². The molecule has 0 radical (unpaired) electrons. The van der Waals surface area contributed by atoms with Crippen LogP contribution in [0, 0.1) is 0 Å². The van der Waals surface area contributed by atoms with E-state index in [1.54, 1.807) is 0 Å². The van der Waals surface area contributed by atoms with Crippen LogP contribution in [0.4, 0.5) is 13.2 Å². The number of alkyl halides is 3. The third kappa shape index (κ3) is 5.38. The van der Waals surface area contributed by atoms with Gasteiger partial charge in [-0.2, -0.15) is 12.7 Å². The number of sulfonamides is 1. The number of aromatic nitrogens is 3. The van der Waals surface area contributed by atoms with E-state index in [1.807, 2.05) is 0 Å². The van der Waals surface area contributed by atoms with Gasteiger partial charge < -0.3 is 4.74 Å². The molecule has 150 valence electrons. The third-order valence-electron chi connectivity index (χ3n) is 3.01. The Morgan fingerprint density at radius 3 is 2.26 bits per heavy atom. The molecule has 0 saturated heterocycles. The Labute approximate surface area is 152 Å². The monoisotopic (exact) mass is 429 g/mol. The van der Waals surface area contributed by atoms with Crippen molar-refractivity contribution in [3.8, 4) is 5.75 Å². The molecule has 0 unspecified atom stereocenters. The molecule has 0 amide bonds. The van der Waals surface area contributed by atoms with Gasteiger partial charge in [-0.05, 0) is 17.7 Å². The van der Waals surface area contributed by atoms with Crippen molar-refractivity contribution in [2.24, 2.45) is 0 Å². The summed E-state index contributed by atoms with van der Waals surface area (Å²) in [5.74, 6) is -0.455. The molecule has 1 aromatic carbocycles. The fourth-order valence-corrected chi connectivity index (χ4v) is 3.29. The molecule has 1 heterocycles. The minimum atomic E-state index is -4.83. The van der Waals surface area contributed by atoms with Gasteiger partial charge in [0.1, 0.15) is 12.1 Å². The molecule has 0 aliphatic carbocycles. The van der Waals surface area contributed by atoms with Crippen molar-refractivity contribution >= 4 is 20.2 Å². The van der Waals surface area contributed by atoms with Crippen molar-refractivity contribution in [1.82, 2.24) is 23.2 Å². The Morgan fingerprint density at radius 2 is 1.74 bits per heavy atom. The summed E-state index contributed by atoms with van der Waals surface area (Å²) < 4.78 is 91.3. The van der Waals surface area contributed by atoms with Crippen LogP contribution in [0.25, 0.3) is 0 Å². The van der Waals surface area contributed by atoms with Gasteiger partial charge in [-0.25, -0.2) is 18.1 Å². The molecular weight excluding hydrogens is 415 g/mol. The SMILES string of the molecule is CN(C)S(=O)(=O)n1cnc(S(=O)(=O)NCc2ccc(OC(F)(F)F)cc2)n1. The quantitative estimate of drug-likeness (QED) is 0.672. The van der Waals surface area contributed by atoms with Gasteiger partial charge in [-0.1, -0.05) is 12.1 Å². The molecular formula is C12H14F3N5O5S2. The fourth-order valence-electron chi connectivity index (χ4n) is 1.69. The van der Waals surface area contributed by atoms with Gasteiger partial charge in [0.2, 0.25) is 0 Å². The lowest BCUT2D eigenvalue weighted by molar-refractivity contribution is -0.274. The lowest BCUT2D eigenvalue weighted by Gasteiger charge is -2.10. The summed E-state index contributed by atoms with van der Waals surface area (Å²) in [5, 5.41) is 2.65. The number of ether oxygens (including phenoxy) is 1. The van der Waals surface area contributed by atoms with Crippen molar-refractivity contribution in [1.29, 1.82) is 0 Å². The highest BCUT2D eigenvalue weighted by molar-refractivity contribution is 7.89. The smallest absolute Gasteiger partial charge is 0.406 e. The van der Waals surface area contributed by atoms with Crippen molar-refractivity contribution in [2.75, 3.05) is 14.1 Å². The largest absolute Gasteiger partial charge is 0.573 e. The Morgan fingerprint density at radius 1 is 1.15 bits per heavy atom. The van der Waals surface area contributed by atoms with Crippen LogP contribution in [0.1, 0.15) is 5.56 Å². The Balaban J connectivity index is 2.08. The fraction of sp³-hybridized carbons (Fsp3) is 0.333. The van der Waals surface area contributed by atoms with Gasteiger partial charge in [0.25, 0.3) is 15.2 Å². The highest BCUT2D eigenvalue weighted by Gasteiger charge is 2.31. The molecule has 27 heavy (non-hydrogen) atoms. The van der Waals surface area contributed by atoms with Gasteiger partial charge in [0, 0.05) is 20.6 Å². The summed E-state index contributed by atoms with van der Waals surface area (Å²) >= 11 is 0. The maximum Gasteiger partial charge on any atom is 0.573 e. The van der Waals surface area contributed by atoms with Crippen LogP contribution in [-0.2, 0) is 26.8 Å². The summed E-state index contributed by atoms with van der Waals surface area (Å²) in [6.07, 6.45) is -4.10. The molecule has 0 atom stereocenters. The molecule has 1 aromatic heterocycles. The Kier molecular flexibility index (Phi) is 5.79. The van der Waals surface area contributed by atoms with Crippen LogP contribution in [0.15, 0.2) is 35.7 Å². The van der Waals surface area contributed by atoms with E-state index < -0.39 is 37.5 Å². The second-order valence-electron chi connectivity index (χ2n) is 5.21. The highest BCUT2D eigenvalue weighted by atomic mass is 32.2. The molecule has 2 aromatic rings. The summed E-state index contributed by atoms with van der Waals surface area (Å²) in [5.41, 5.74) is 0.327. The van der Waals surface area contributed by atoms with Gasteiger partial charge in [-0.3, -0.25) is 0 Å². The van der Waals surface area contributed by atoms with E-state index in [0.717, 1.165) is 22.8 Å². The van der Waals surface area contributed by atoms with Crippen LogP contribution >= 0.6 is 0 Å². The molecule has 0 saturated carbocycles. The summed E-state index contributed by atoms with van der Waals surface area (Å²) in [4.78, 5) is 3.45. The first kappa shape index (κ1) is 21.1. The first-order valence-electron chi connectivity index (χ1n) is 7.00.